The molecule has 0 spiro atoms. The van der Waals surface area contributed by atoms with Gasteiger partial charge in [0.1, 0.15) is 25.4 Å². The van der Waals surface area contributed by atoms with Crippen molar-refractivity contribution < 1.29 is 75.8 Å². The molecule has 0 bridgehead atoms. The normalized spacial score (nSPS) is 14.9. The number of phosphoric ester groups is 2. The number of hydrogen-bond donors (Lipinski definition) is 4. The minimum atomic E-state index is -4.95. The Kier molecular flexibility index (Phi) is 69.4. The number of hydrogen-bond acceptors (Lipinski definition) is 14. The average Bonchev–Trinajstić information content (AvgIpc) is 1.06. The molecule has 5 atom stereocenters. The van der Waals surface area contributed by atoms with Crippen LogP contribution in [0.5, 0.6) is 0 Å². The van der Waals surface area contributed by atoms with Crippen LogP contribution >= 0.6 is 15.6 Å². The molecule has 0 saturated carbocycles. The second kappa shape index (κ2) is 72.9. The highest BCUT2D eigenvalue weighted by molar-refractivity contribution is 7.47. The molecule has 99 heavy (non-hydrogen) atoms. The smallest absolute Gasteiger partial charge is 0.463 e. The molecule has 0 aliphatic heterocycles. The number of aliphatic hydroxyl groups excluding tert-OH is 2. The average molecular weight is 1430 g/mol. The summed E-state index contributed by atoms with van der Waals surface area (Å²) < 4.78 is 60.9. The van der Waals surface area contributed by atoms with Gasteiger partial charge in [0.25, 0.3) is 0 Å². The molecule has 0 saturated heterocycles. The molecule has 0 aromatic rings. The highest BCUT2D eigenvalue weighted by atomic mass is 31.2. The van der Waals surface area contributed by atoms with Crippen molar-refractivity contribution in [2.24, 2.45) is 0 Å². The van der Waals surface area contributed by atoms with E-state index < -0.39 is 91.5 Å². The maximum atomic E-state index is 12.9. The van der Waals surface area contributed by atoms with Crippen molar-refractivity contribution in [1.82, 2.24) is 0 Å². The molecule has 4 N–H and O–H groups in total. The fourth-order valence-corrected chi connectivity index (χ4v) is 11.1. The first-order valence-electron chi connectivity index (χ1n) is 37.8. The number of aliphatic hydroxyl groups is 2. The summed E-state index contributed by atoms with van der Waals surface area (Å²) in [4.78, 5) is 58.4. The van der Waals surface area contributed by atoms with E-state index in [1.54, 1.807) is 0 Å². The lowest BCUT2D eigenvalue weighted by Crippen LogP contribution is -2.30. The van der Waals surface area contributed by atoms with Crippen LogP contribution in [-0.2, 0) is 55.8 Å². The quantitative estimate of drug-likeness (QED) is 0.0146. The summed E-state index contributed by atoms with van der Waals surface area (Å²) in [5.74, 6) is -1.70. The van der Waals surface area contributed by atoms with Crippen LogP contribution in [0.4, 0.5) is 0 Å². The summed E-state index contributed by atoms with van der Waals surface area (Å²) in [7, 11) is -9.81. The lowest BCUT2D eigenvalue weighted by atomic mass is 10.0. The van der Waals surface area contributed by atoms with E-state index in [4.69, 9.17) is 32.3 Å². The summed E-state index contributed by atoms with van der Waals surface area (Å²) in [6.45, 7) is 2.26. The van der Waals surface area contributed by atoms with Gasteiger partial charge in [-0.2, -0.15) is 0 Å². The minimum absolute atomic E-state index is 0.0378. The van der Waals surface area contributed by atoms with Crippen LogP contribution in [-0.4, -0.2) is 95.9 Å². The molecular formula is C81H134O16P2. The van der Waals surface area contributed by atoms with Crippen molar-refractivity contribution in [3.05, 3.63) is 158 Å². The molecule has 0 heterocycles. The zero-order chi connectivity index (χ0) is 72.3. The second-order valence-corrected chi connectivity index (χ2v) is 27.6. The molecule has 0 aromatic heterocycles. The standard InChI is InChI=1S/C81H134O16P2/c1-4-7-10-13-16-19-22-25-27-29-31-32-33-34-35-36-37-38-39-40-41-42-44-46-47-50-52-55-58-61-64-67-79(84)91-70-76(82)71-93-98(87,88)94-72-77(83)73-95-99(89,90)96-75-78(97-81(86)69-66-63-60-57-54-49-24-21-18-15-12-9-6-3)74-92-80(85)68-65-62-59-56-53-51-48-45-43-30-28-26-23-20-17-14-11-8-5-2/h7-8,10-12,15-17,19-21,24-28,31-32,34-35,43,45,51,53,59,62,76-78,82-83H,4-6,9,13-14,18,22-23,29-30,33,36-42,44,46-50,52,54-58,60-61,63-75H2,1-3H3,(H,87,88)(H,89,90)/b10-7-,11-8-,15-12-,19-16-,20-17-,24-21-,27-25-,28-26-,32-31-,35-34-,45-43-,53-51-,62-59-. The predicted molar refractivity (Wildman–Crippen MR) is 408 cm³/mol. The predicted octanol–water partition coefficient (Wildman–Crippen LogP) is 21.9. The Morgan fingerprint density at radius 3 is 0.909 bits per heavy atom. The van der Waals surface area contributed by atoms with E-state index in [-0.39, 0.29) is 19.3 Å². The van der Waals surface area contributed by atoms with Crippen molar-refractivity contribution >= 4 is 33.6 Å². The van der Waals surface area contributed by atoms with E-state index in [2.05, 4.69) is 161 Å². The topological polar surface area (TPSA) is 231 Å². The van der Waals surface area contributed by atoms with Gasteiger partial charge in [-0.05, 0) is 128 Å². The largest absolute Gasteiger partial charge is 0.472 e. The molecule has 0 amide bonds. The highest BCUT2D eigenvalue weighted by Crippen LogP contribution is 2.45. The van der Waals surface area contributed by atoms with Crippen LogP contribution in [0.25, 0.3) is 0 Å². The monoisotopic (exact) mass is 1420 g/mol. The van der Waals surface area contributed by atoms with E-state index in [9.17, 15) is 43.5 Å². The molecular weight excluding hydrogens is 1290 g/mol. The number of rotatable bonds is 70. The van der Waals surface area contributed by atoms with Crippen molar-refractivity contribution in [2.45, 2.75) is 296 Å². The van der Waals surface area contributed by atoms with Crippen molar-refractivity contribution in [3.8, 4) is 0 Å². The van der Waals surface area contributed by atoms with Gasteiger partial charge in [0, 0.05) is 19.3 Å². The number of ether oxygens (including phenoxy) is 3. The van der Waals surface area contributed by atoms with Gasteiger partial charge >= 0.3 is 33.6 Å². The number of allylic oxidation sites excluding steroid dienone is 26. The minimum Gasteiger partial charge on any atom is -0.463 e. The Morgan fingerprint density at radius 1 is 0.293 bits per heavy atom. The molecule has 564 valence electrons. The van der Waals surface area contributed by atoms with Crippen LogP contribution in [0.3, 0.4) is 0 Å². The summed E-state index contributed by atoms with van der Waals surface area (Å²) in [6, 6.07) is 0. The first-order valence-corrected chi connectivity index (χ1v) is 40.8. The Balaban J connectivity index is 4.50. The van der Waals surface area contributed by atoms with Crippen LogP contribution in [0.2, 0.25) is 0 Å². The highest BCUT2D eigenvalue weighted by Gasteiger charge is 2.29. The molecule has 5 unspecified atom stereocenters. The second-order valence-electron chi connectivity index (χ2n) is 24.7. The fourth-order valence-electron chi connectivity index (χ4n) is 9.54. The fraction of sp³-hybridized carbons (Fsp3) is 0.642. The molecule has 0 aromatic carbocycles. The zero-order valence-corrected chi connectivity index (χ0v) is 63.1. The molecule has 0 fully saturated rings. The van der Waals surface area contributed by atoms with Crippen molar-refractivity contribution in [2.75, 3.05) is 39.6 Å². The van der Waals surface area contributed by atoms with Gasteiger partial charge in [-0.15, -0.1) is 0 Å². The number of unbranched alkanes of at least 4 members (excludes halogenated alkanes) is 21. The SMILES string of the molecule is CC/C=C\C/C=C\C/C=C\C/C=C\C/C=C\C/C=C\CCC(=O)OCC(COP(=O)(O)OCC(O)COP(=O)(O)OCC(O)COC(=O)CCCCCCCCCCCCCCCCC/C=C\C/C=C\C/C=C\C/C=C\C/C=C\CC)OC(=O)CCCCCCC/C=C\C/C=C\CCC. The van der Waals surface area contributed by atoms with Crippen LogP contribution in [0.1, 0.15) is 278 Å². The third kappa shape index (κ3) is 74.2. The lowest BCUT2D eigenvalue weighted by molar-refractivity contribution is -0.161. The molecule has 16 nitrogen and oxygen atoms in total. The van der Waals surface area contributed by atoms with E-state index in [0.717, 1.165) is 135 Å². The van der Waals surface area contributed by atoms with Crippen molar-refractivity contribution in [1.29, 1.82) is 0 Å². The Hall–Kier alpha value is -4.83. The van der Waals surface area contributed by atoms with Gasteiger partial charge < -0.3 is 34.2 Å². The zero-order valence-electron chi connectivity index (χ0n) is 61.4. The number of phosphoric acid groups is 2. The van der Waals surface area contributed by atoms with Crippen LogP contribution in [0.15, 0.2) is 158 Å². The Morgan fingerprint density at radius 2 is 0.556 bits per heavy atom. The first-order chi connectivity index (χ1) is 48.2. The summed E-state index contributed by atoms with van der Waals surface area (Å²) >= 11 is 0. The molecule has 0 rings (SSSR count). The number of carbonyl (C=O) groups is 3. The van der Waals surface area contributed by atoms with Gasteiger partial charge in [-0.1, -0.05) is 288 Å². The summed E-state index contributed by atoms with van der Waals surface area (Å²) in [5.41, 5.74) is 0. The van der Waals surface area contributed by atoms with Gasteiger partial charge in [0.15, 0.2) is 6.10 Å². The number of carbonyl (C=O) groups excluding carboxylic acids is 3. The van der Waals surface area contributed by atoms with Crippen LogP contribution in [0, 0.1) is 0 Å². The van der Waals surface area contributed by atoms with E-state index in [0.29, 0.717) is 25.7 Å². The first kappa shape index (κ1) is 94.2. The maximum absolute atomic E-state index is 12.9. The van der Waals surface area contributed by atoms with E-state index in [1.807, 2.05) is 18.2 Å². The molecule has 0 aliphatic rings. The van der Waals surface area contributed by atoms with E-state index >= 15 is 0 Å². The summed E-state index contributed by atoms with van der Waals surface area (Å²) in [5, 5.41) is 20.6. The number of esters is 3. The molecule has 0 aliphatic carbocycles. The molecule has 0 radical (unpaired) electrons. The third-order valence-corrected chi connectivity index (χ3v) is 17.1. The van der Waals surface area contributed by atoms with Crippen LogP contribution < -0.4 is 0 Å². The Labute approximate surface area is 600 Å². The van der Waals surface area contributed by atoms with Gasteiger partial charge in [-0.3, -0.25) is 32.5 Å². The summed E-state index contributed by atoms with van der Waals surface area (Å²) in [6.07, 6.45) is 90.4. The van der Waals surface area contributed by atoms with Gasteiger partial charge in [0.2, 0.25) is 0 Å². The van der Waals surface area contributed by atoms with Crippen molar-refractivity contribution in [3.63, 3.8) is 0 Å². The van der Waals surface area contributed by atoms with E-state index in [1.165, 1.54) is 77.0 Å². The Bertz CT molecular complexity index is 2430. The maximum Gasteiger partial charge on any atom is 0.472 e. The third-order valence-electron chi connectivity index (χ3n) is 15.2. The molecule has 18 heteroatoms. The van der Waals surface area contributed by atoms with Gasteiger partial charge in [-0.25, -0.2) is 9.13 Å². The lowest BCUT2D eigenvalue weighted by Gasteiger charge is -2.21. The van der Waals surface area contributed by atoms with Gasteiger partial charge in [0.05, 0.1) is 26.4 Å².